The summed E-state index contributed by atoms with van der Waals surface area (Å²) in [6, 6.07) is 6.55. The molecule has 2 aliphatic rings. The Morgan fingerprint density at radius 2 is 1.97 bits per heavy atom. The molecule has 29 heavy (non-hydrogen) atoms. The SMILES string of the molecule is C=CC1=C(/C=C\COC[C@H](O)CN2CCN(c3ccc(F)cc3)CC2)NC(=O)C1. The molecule has 2 heterocycles. The van der Waals surface area contributed by atoms with Gasteiger partial charge in [0.05, 0.1) is 25.7 Å². The molecular weight excluding hydrogens is 373 g/mol. The van der Waals surface area contributed by atoms with Crippen molar-refractivity contribution >= 4 is 11.6 Å². The van der Waals surface area contributed by atoms with Gasteiger partial charge in [-0.3, -0.25) is 9.69 Å². The number of hydrogen-bond acceptors (Lipinski definition) is 5. The molecular formula is C22H28FN3O3. The monoisotopic (exact) mass is 401 g/mol. The van der Waals surface area contributed by atoms with Gasteiger partial charge in [-0.15, -0.1) is 0 Å². The molecule has 6 nitrogen and oxygen atoms in total. The Bertz CT molecular complexity index is 768. The molecule has 1 aromatic rings. The van der Waals surface area contributed by atoms with Gasteiger partial charge in [0.2, 0.25) is 5.91 Å². The first-order valence-corrected chi connectivity index (χ1v) is 9.86. The van der Waals surface area contributed by atoms with E-state index in [0.29, 0.717) is 19.6 Å². The Kier molecular flexibility index (Phi) is 7.57. The number of amides is 1. The van der Waals surface area contributed by atoms with Gasteiger partial charge in [-0.05, 0) is 35.9 Å². The highest BCUT2D eigenvalue weighted by molar-refractivity contribution is 5.85. The fraction of sp³-hybridized carbons (Fsp3) is 0.409. The third-order valence-electron chi connectivity index (χ3n) is 5.06. The van der Waals surface area contributed by atoms with Crippen LogP contribution in [0.4, 0.5) is 10.1 Å². The number of ether oxygens (including phenoxy) is 1. The largest absolute Gasteiger partial charge is 0.389 e. The summed E-state index contributed by atoms with van der Waals surface area (Å²) in [4.78, 5) is 15.8. The van der Waals surface area contributed by atoms with Crippen LogP contribution in [-0.2, 0) is 9.53 Å². The van der Waals surface area contributed by atoms with Crippen molar-refractivity contribution in [1.29, 1.82) is 0 Å². The summed E-state index contributed by atoms with van der Waals surface area (Å²) in [6.07, 6.45) is 5.10. The molecule has 0 spiro atoms. The van der Waals surface area contributed by atoms with Crippen molar-refractivity contribution in [1.82, 2.24) is 10.2 Å². The van der Waals surface area contributed by atoms with E-state index in [0.717, 1.165) is 43.1 Å². The highest BCUT2D eigenvalue weighted by Gasteiger charge is 2.20. The number of hydrogen-bond donors (Lipinski definition) is 2. The molecule has 1 amide bonds. The Balaban J connectivity index is 1.33. The zero-order valence-corrected chi connectivity index (χ0v) is 16.5. The van der Waals surface area contributed by atoms with Gasteiger partial charge in [-0.25, -0.2) is 4.39 Å². The van der Waals surface area contributed by atoms with Crippen molar-refractivity contribution in [3.05, 3.63) is 66.2 Å². The van der Waals surface area contributed by atoms with Crippen molar-refractivity contribution in [3.63, 3.8) is 0 Å². The number of aliphatic hydroxyl groups excluding tert-OH is 1. The van der Waals surface area contributed by atoms with Crippen LogP contribution in [0.3, 0.4) is 0 Å². The van der Waals surface area contributed by atoms with E-state index in [1.165, 1.54) is 12.1 Å². The van der Waals surface area contributed by atoms with Gasteiger partial charge < -0.3 is 20.1 Å². The van der Waals surface area contributed by atoms with E-state index in [4.69, 9.17) is 4.74 Å². The lowest BCUT2D eigenvalue weighted by atomic mass is 10.2. The molecule has 2 N–H and O–H groups in total. The minimum absolute atomic E-state index is 0.0320. The maximum atomic E-state index is 13.0. The summed E-state index contributed by atoms with van der Waals surface area (Å²) in [6.45, 7) is 8.24. The van der Waals surface area contributed by atoms with Crippen LogP contribution in [0, 0.1) is 5.82 Å². The second-order valence-electron chi connectivity index (χ2n) is 7.23. The van der Waals surface area contributed by atoms with Crippen LogP contribution in [0.1, 0.15) is 6.42 Å². The first kappa shape index (κ1) is 21.2. The number of anilines is 1. The number of nitrogens with one attached hydrogen (secondary N) is 1. The number of β-amino-alcohol motifs (C(OH)–C–C–N with tert-alkyl or cyclic N) is 1. The second kappa shape index (κ2) is 10.3. The number of carbonyl (C=O) groups is 1. The van der Waals surface area contributed by atoms with Crippen LogP contribution in [-0.4, -0.2) is 68.0 Å². The summed E-state index contributed by atoms with van der Waals surface area (Å²) in [5.41, 5.74) is 2.66. The number of rotatable bonds is 9. The summed E-state index contributed by atoms with van der Waals surface area (Å²) in [5, 5.41) is 13.0. The molecule has 2 aliphatic heterocycles. The molecule has 7 heteroatoms. The molecule has 0 radical (unpaired) electrons. The van der Waals surface area contributed by atoms with Crippen LogP contribution in [0.15, 0.2) is 60.3 Å². The Morgan fingerprint density at radius 1 is 1.24 bits per heavy atom. The number of halogens is 1. The van der Waals surface area contributed by atoms with Crippen LogP contribution in [0.25, 0.3) is 0 Å². The topological polar surface area (TPSA) is 65.0 Å². The quantitative estimate of drug-likeness (QED) is 0.619. The Morgan fingerprint density at radius 3 is 2.66 bits per heavy atom. The van der Waals surface area contributed by atoms with E-state index in [1.54, 1.807) is 18.2 Å². The molecule has 1 aromatic carbocycles. The van der Waals surface area contributed by atoms with Crippen molar-refractivity contribution in [3.8, 4) is 0 Å². The van der Waals surface area contributed by atoms with E-state index < -0.39 is 6.10 Å². The summed E-state index contributed by atoms with van der Waals surface area (Å²) < 4.78 is 18.6. The predicted octanol–water partition coefficient (Wildman–Crippen LogP) is 1.84. The lowest BCUT2D eigenvalue weighted by molar-refractivity contribution is -0.118. The van der Waals surface area contributed by atoms with E-state index >= 15 is 0 Å². The number of piperazine rings is 1. The van der Waals surface area contributed by atoms with Crippen LogP contribution >= 0.6 is 0 Å². The van der Waals surface area contributed by atoms with E-state index in [-0.39, 0.29) is 18.3 Å². The predicted molar refractivity (Wildman–Crippen MR) is 111 cm³/mol. The lowest BCUT2D eigenvalue weighted by Gasteiger charge is -2.36. The lowest BCUT2D eigenvalue weighted by Crippen LogP contribution is -2.49. The van der Waals surface area contributed by atoms with Gasteiger partial charge in [0.25, 0.3) is 0 Å². The zero-order valence-electron chi connectivity index (χ0n) is 16.5. The van der Waals surface area contributed by atoms with Gasteiger partial charge >= 0.3 is 0 Å². The minimum atomic E-state index is -0.560. The maximum absolute atomic E-state index is 13.0. The summed E-state index contributed by atoms with van der Waals surface area (Å²) in [7, 11) is 0. The fourth-order valence-electron chi connectivity index (χ4n) is 3.50. The average molecular weight is 401 g/mol. The van der Waals surface area contributed by atoms with Gasteiger partial charge in [0, 0.05) is 44.1 Å². The molecule has 1 fully saturated rings. The summed E-state index contributed by atoms with van der Waals surface area (Å²) in [5.74, 6) is -0.258. The molecule has 0 bridgehead atoms. The first-order valence-electron chi connectivity index (χ1n) is 9.86. The number of nitrogens with zero attached hydrogens (tertiary/aromatic N) is 2. The Hall–Kier alpha value is -2.48. The molecule has 1 saturated heterocycles. The maximum Gasteiger partial charge on any atom is 0.228 e. The van der Waals surface area contributed by atoms with Crippen LogP contribution < -0.4 is 10.2 Å². The molecule has 0 aliphatic carbocycles. The molecule has 0 aromatic heterocycles. The average Bonchev–Trinajstić information content (AvgIpc) is 3.08. The summed E-state index contributed by atoms with van der Waals surface area (Å²) >= 11 is 0. The van der Waals surface area contributed by atoms with Crippen LogP contribution in [0.5, 0.6) is 0 Å². The van der Waals surface area contributed by atoms with Gasteiger partial charge in [-0.2, -0.15) is 0 Å². The van der Waals surface area contributed by atoms with Crippen molar-refractivity contribution in [2.75, 3.05) is 50.8 Å². The Labute approximate surface area is 170 Å². The standard InChI is InChI=1S/C22H28FN3O3/c1-2-17-14-22(28)24-21(17)4-3-13-29-16-20(27)15-25-9-11-26(12-10-25)19-7-5-18(23)6-8-19/h2-8,20,27H,1,9-16H2,(H,24,28)/b4-3-/t20-/m1/s1. The van der Waals surface area contributed by atoms with Gasteiger partial charge in [0.15, 0.2) is 0 Å². The minimum Gasteiger partial charge on any atom is -0.389 e. The molecule has 1 atom stereocenters. The number of benzene rings is 1. The number of allylic oxidation sites excluding steroid dienone is 2. The highest BCUT2D eigenvalue weighted by Crippen LogP contribution is 2.17. The number of aliphatic hydroxyl groups is 1. The number of carbonyl (C=O) groups excluding carboxylic acids is 1. The van der Waals surface area contributed by atoms with E-state index in [1.807, 2.05) is 12.2 Å². The van der Waals surface area contributed by atoms with Gasteiger partial charge in [-0.1, -0.05) is 18.7 Å². The molecule has 0 unspecified atom stereocenters. The molecule has 0 saturated carbocycles. The second-order valence-corrected chi connectivity index (χ2v) is 7.23. The van der Waals surface area contributed by atoms with Crippen molar-refractivity contribution in [2.24, 2.45) is 0 Å². The van der Waals surface area contributed by atoms with Gasteiger partial charge in [0.1, 0.15) is 5.82 Å². The van der Waals surface area contributed by atoms with E-state index in [9.17, 15) is 14.3 Å². The fourth-order valence-corrected chi connectivity index (χ4v) is 3.50. The normalized spacial score (nSPS) is 19.1. The molecule has 156 valence electrons. The van der Waals surface area contributed by atoms with Crippen LogP contribution in [0.2, 0.25) is 0 Å². The molecule has 3 rings (SSSR count). The highest BCUT2D eigenvalue weighted by atomic mass is 19.1. The zero-order chi connectivity index (χ0) is 20.6. The smallest absolute Gasteiger partial charge is 0.228 e. The third-order valence-corrected chi connectivity index (χ3v) is 5.06. The van der Waals surface area contributed by atoms with E-state index in [2.05, 4.69) is 21.7 Å². The van der Waals surface area contributed by atoms with Crippen molar-refractivity contribution in [2.45, 2.75) is 12.5 Å². The first-order chi connectivity index (χ1) is 14.0. The van der Waals surface area contributed by atoms with Crippen molar-refractivity contribution < 1.29 is 19.0 Å². The third kappa shape index (κ3) is 6.25.